The summed E-state index contributed by atoms with van der Waals surface area (Å²) in [4.78, 5) is 18.7. The van der Waals surface area contributed by atoms with Crippen molar-refractivity contribution >= 4 is 16.7 Å². The molecule has 5 heteroatoms. The molecule has 1 saturated heterocycles. The van der Waals surface area contributed by atoms with Crippen LogP contribution < -0.4 is 10.5 Å². The Morgan fingerprint density at radius 3 is 3.00 bits per heavy atom. The Morgan fingerprint density at radius 1 is 1.37 bits per heavy atom. The summed E-state index contributed by atoms with van der Waals surface area (Å²) in [6.45, 7) is 4.46. The van der Waals surface area contributed by atoms with E-state index >= 15 is 0 Å². The van der Waals surface area contributed by atoms with Gasteiger partial charge in [0.05, 0.1) is 23.6 Å². The van der Waals surface area contributed by atoms with E-state index in [4.69, 9.17) is 4.74 Å². The van der Waals surface area contributed by atoms with Crippen LogP contribution in [0.3, 0.4) is 0 Å². The van der Waals surface area contributed by atoms with Crippen LogP contribution in [0.4, 0.5) is 5.82 Å². The predicted octanol–water partition coefficient (Wildman–Crippen LogP) is 1.16. The molecule has 0 amide bonds. The molecule has 0 saturated carbocycles. The molecule has 19 heavy (non-hydrogen) atoms. The van der Waals surface area contributed by atoms with Crippen LogP contribution in [0.2, 0.25) is 0 Å². The van der Waals surface area contributed by atoms with Gasteiger partial charge >= 0.3 is 0 Å². The summed E-state index contributed by atoms with van der Waals surface area (Å²) in [5.74, 6) is 0.913. The number of nitrogens with zero attached hydrogens (tertiary/aromatic N) is 3. The third-order valence-electron chi connectivity index (χ3n) is 3.48. The smallest absolute Gasteiger partial charge is 0.259 e. The highest BCUT2D eigenvalue weighted by Crippen LogP contribution is 2.18. The molecule has 1 aliphatic rings. The summed E-state index contributed by atoms with van der Waals surface area (Å²) in [6, 6.07) is 5.66. The fourth-order valence-electron chi connectivity index (χ4n) is 2.41. The van der Waals surface area contributed by atoms with E-state index < -0.39 is 0 Å². The van der Waals surface area contributed by atoms with Gasteiger partial charge in [0.1, 0.15) is 5.82 Å². The second-order valence-electron chi connectivity index (χ2n) is 4.96. The van der Waals surface area contributed by atoms with E-state index in [1.165, 1.54) is 0 Å². The van der Waals surface area contributed by atoms with E-state index in [9.17, 15) is 4.79 Å². The van der Waals surface area contributed by atoms with Crippen LogP contribution >= 0.6 is 0 Å². The fourth-order valence-corrected chi connectivity index (χ4v) is 2.41. The minimum atomic E-state index is -0.00750. The van der Waals surface area contributed by atoms with E-state index in [1.54, 1.807) is 17.8 Å². The molecule has 0 unspecified atom stereocenters. The van der Waals surface area contributed by atoms with Gasteiger partial charge in [0.15, 0.2) is 0 Å². The fraction of sp³-hybridized carbons (Fsp3) is 0.429. The van der Waals surface area contributed by atoms with Crippen molar-refractivity contribution in [3.8, 4) is 0 Å². The van der Waals surface area contributed by atoms with Crippen molar-refractivity contribution in [3.63, 3.8) is 0 Å². The lowest BCUT2D eigenvalue weighted by Gasteiger charge is -2.32. The molecule has 0 N–H and O–H groups in total. The highest BCUT2D eigenvalue weighted by atomic mass is 16.5. The Labute approximate surface area is 111 Å². The topological polar surface area (TPSA) is 47.4 Å². The Kier molecular flexibility index (Phi) is 2.98. The van der Waals surface area contributed by atoms with Crippen molar-refractivity contribution in [2.24, 2.45) is 7.05 Å². The minimum Gasteiger partial charge on any atom is -0.375 e. The van der Waals surface area contributed by atoms with Gasteiger partial charge in [-0.2, -0.15) is 0 Å². The zero-order valence-electron chi connectivity index (χ0n) is 11.2. The van der Waals surface area contributed by atoms with Crippen molar-refractivity contribution in [1.82, 2.24) is 9.55 Å². The normalized spacial score (nSPS) is 19.9. The largest absolute Gasteiger partial charge is 0.375 e. The lowest BCUT2D eigenvalue weighted by Crippen LogP contribution is -2.41. The molecule has 1 fully saturated rings. The van der Waals surface area contributed by atoms with Crippen molar-refractivity contribution in [2.75, 3.05) is 24.6 Å². The number of anilines is 1. The SMILES string of the molecule is C[C@@H]1CN(c2ccc3c(=O)n(C)ccc3n2)CCO1. The number of aryl methyl sites for hydroxylation is 1. The molecule has 0 aliphatic carbocycles. The molecule has 3 heterocycles. The van der Waals surface area contributed by atoms with Crippen LogP contribution in [-0.4, -0.2) is 35.4 Å². The van der Waals surface area contributed by atoms with E-state index in [0.717, 1.165) is 31.0 Å². The predicted molar refractivity (Wildman–Crippen MR) is 74.6 cm³/mol. The molecule has 100 valence electrons. The van der Waals surface area contributed by atoms with Gasteiger partial charge in [0.25, 0.3) is 5.56 Å². The number of pyridine rings is 2. The number of fused-ring (bicyclic) bond motifs is 1. The summed E-state index contributed by atoms with van der Waals surface area (Å²) in [5.41, 5.74) is 0.742. The first kappa shape index (κ1) is 12.2. The summed E-state index contributed by atoms with van der Waals surface area (Å²) >= 11 is 0. The van der Waals surface area contributed by atoms with Gasteiger partial charge < -0.3 is 14.2 Å². The van der Waals surface area contributed by atoms with E-state index in [1.807, 2.05) is 18.2 Å². The molecule has 0 bridgehead atoms. The Morgan fingerprint density at radius 2 is 2.21 bits per heavy atom. The van der Waals surface area contributed by atoms with Gasteiger partial charge in [0.2, 0.25) is 0 Å². The maximum absolute atomic E-state index is 12.0. The van der Waals surface area contributed by atoms with Crippen molar-refractivity contribution in [3.05, 3.63) is 34.7 Å². The molecule has 1 aliphatic heterocycles. The first-order valence-electron chi connectivity index (χ1n) is 6.48. The lowest BCUT2D eigenvalue weighted by molar-refractivity contribution is 0.0529. The van der Waals surface area contributed by atoms with Crippen LogP contribution in [0, 0.1) is 0 Å². The maximum atomic E-state index is 12.0. The average Bonchev–Trinajstić information content (AvgIpc) is 2.43. The van der Waals surface area contributed by atoms with E-state index in [0.29, 0.717) is 5.39 Å². The molecule has 0 radical (unpaired) electrons. The standard InChI is InChI=1S/C14H17N3O2/c1-10-9-17(7-8-19-10)13-4-3-11-12(15-13)5-6-16(2)14(11)18/h3-6,10H,7-9H2,1-2H3/t10-/m1/s1. The van der Waals surface area contributed by atoms with Crippen LogP contribution in [0.15, 0.2) is 29.2 Å². The summed E-state index contributed by atoms with van der Waals surface area (Å²) < 4.78 is 7.10. The number of rotatable bonds is 1. The minimum absolute atomic E-state index is 0.00750. The zero-order valence-corrected chi connectivity index (χ0v) is 11.2. The zero-order chi connectivity index (χ0) is 13.4. The molecule has 3 rings (SSSR count). The van der Waals surface area contributed by atoms with Crippen molar-refractivity contribution in [2.45, 2.75) is 13.0 Å². The average molecular weight is 259 g/mol. The van der Waals surface area contributed by atoms with Gasteiger partial charge in [-0.1, -0.05) is 0 Å². The molecular weight excluding hydrogens is 242 g/mol. The second-order valence-corrected chi connectivity index (χ2v) is 4.96. The van der Waals surface area contributed by atoms with Gasteiger partial charge in [-0.25, -0.2) is 4.98 Å². The van der Waals surface area contributed by atoms with E-state index in [-0.39, 0.29) is 11.7 Å². The molecule has 0 spiro atoms. The van der Waals surface area contributed by atoms with Gasteiger partial charge in [-0.05, 0) is 25.1 Å². The van der Waals surface area contributed by atoms with Crippen LogP contribution in [0.1, 0.15) is 6.92 Å². The third-order valence-corrected chi connectivity index (χ3v) is 3.48. The summed E-state index contributed by atoms with van der Waals surface area (Å²) in [6.07, 6.45) is 1.97. The third kappa shape index (κ3) is 2.21. The first-order valence-corrected chi connectivity index (χ1v) is 6.48. The quantitative estimate of drug-likeness (QED) is 0.771. The molecular formula is C14H17N3O2. The second kappa shape index (κ2) is 4.66. The summed E-state index contributed by atoms with van der Waals surface area (Å²) in [5, 5.41) is 0.662. The van der Waals surface area contributed by atoms with Crippen molar-refractivity contribution in [1.29, 1.82) is 0 Å². The lowest BCUT2D eigenvalue weighted by atomic mass is 10.2. The van der Waals surface area contributed by atoms with E-state index in [2.05, 4.69) is 16.8 Å². The summed E-state index contributed by atoms with van der Waals surface area (Å²) in [7, 11) is 1.75. The Bertz CT molecular complexity index is 665. The monoisotopic (exact) mass is 259 g/mol. The molecule has 1 atom stereocenters. The van der Waals surface area contributed by atoms with Gasteiger partial charge in [-0.3, -0.25) is 4.79 Å². The molecule has 5 nitrogen and oxygen atoms in total. The number of morpholine rings is 1. The van der Waals surface area contributed by atoms with Crippen LogP contribution in [0.5, 0.6) is 0 Å². The van der Waals surface area contributed by atoms with Crippen molar-refractivity contribution < 1.29 is 4.74 Å². The Balaban J connectivity index is 2.02. The van der Waals surface area contributed by atoms with Gasteiger partial charge in [-0.15, -0.1) is 0 Å². The van der Waals surface area contributed by atoms with Crippen LogP contribution in [-0.2, 0) is 11.8 Å². The highest BCUT2D eigenvalue weighted by molar-refractivity contribution is 5.79. The molecule has 2 aromatic rings. The molecule has 2 aromatic heterocycles. The number of hydrogen-bond donors (Lipinski definition) is 0. The highest BCUT2D eigenvalue weighted by Gasteiger charge is 2.18. The van der Waals surface area contributed by atoms with Gasteiger partial charge in [0, 0.05) is 26.3 Å². The number of ether oxygens (including phenoxy) is 1. The number of hydrogen-bond acceptors (Lipinski definition) is 4. The number of aromatic nitrogens is 2. The first-order chi connectivity index (χ1) is 9.15. The maximum Gasteiger partial charge on any atom is 0.259 e. The Hall–Kier alpha value is -1.88. The molecule has 0 aromatic carbocycles. The van der Waals surface area contributed by atoms with Crippen LogP contribution in [0.25, 0.3) is 10.9 Å².